The molecule has 0 spiro atoms. The van der Waals surface area contributed by atoms with Crippen molar-refractivity contribution in [1.82, 2.24) is 0 Å². The van der Waals surface area contributed by atoms with Crippen LogP contribution in [0.1, 0.15) is 17.1 Å². The van der Waals surface area contributed by atoms with E-state index < -0.39 is 0 Å². The number of hydrogen-bond acceptors (Lipinski definition) is 3. The summed E-state index contributed by atoms with van der Waals surface area (Å²) >= 11 is 0. The van der Waals surface area contributed by atoms with Crippen molar-refractivity contribution in [3.63, 3.8) is 0 Å². The van der Waals surface area contributed by atoms with Crippen molar-refractivity contribution in [2.24, 2.45) is 0 Å². The summed E-state index contributed by atoms with van der Waals surface area (Å²) in [7, 11) is 0. The van der Waals surface area contributed by atoms with E-state index >= 15 is 0 Å². The molecule has 0 atom stereocenters. The Bertz CT molecular complexity index is 678. The zero-order valence-electron chi connectivity index (χ0n) is 10.1. The van der Waals surface area contributed by atoms with Crippen molar-refractivity contribution in [2.45, 2.75) is 0 Å². The summed E-state index contributed by atoms with van der Waals surface area (Å²) in [6.07, 6.45) is 5.19. The summed E-state index contributed by atoms with van der Waals surface area (Å²) in [5.41, 5.74) is 1.10. The minimum absolute atomic E-state index is 0.0212. The molecule has 0 aliphatic rings. The number of rotatable bonds is 3. The summed E-state index contributed by atoms with van der Waals surface area (Å²) in [6, 6.07) is 16.9. The molecule has 0 N–H and O–H groups in total. The number of furan rings is 1. The fourth-order valence-corrected chi connectivity index (χ4v) is 1.51. The van der Waals surface area contributed by atoms with Gasteiger partial charge in [-0.3, -0.25) is 0 Å². The minimum Gasteiger partial charge on any atom is -0.457 e. The van der Waals surface area contributed by atoms with E-state index in [1.807, 2.05) is 42.5 Å². The van der Waals surface area contributed by atoms with E-state index in [0.29, 0.717) is 11.5 Å². The molecular weight excluding hydrogens is 236 g/mol. The van der Waals surface area contributed by atoms with Crippen molar-refractivity contribution in [1.29, 1.82) is 10.5 Å². The molecule has 1 aromatic carbocycles. The van der Waals surface area contributed by atoms with E-state index in [2.05, 4.69) is 0 Å². The molecule has 0 aliphatic carbocycles. The average molecular weight is 246 g/mol. The third-order valence-corrected chi connectivity index (χ3v) is 2.41. The van der Waals surface area contributed by atoms with Gasteiger partial charge in [0.05, 0.1) is 0 Å². The van der Waals surface area contributed by atoms with Gasteiger partial charge in [0.25, 0.3) is 0 Å². The van der Waals surface area contributed by atoms with Gasteiger partial charge >= 0.3 is 0 Å². The van der Waals surface area contributed by atoms with Crippen LogP contribution in [-0.2, 0) is 0 Å². The van der Waals surface area contributed by atoms with Crippen LogP contribution in [-0.4, -0.2) is 0 Å². The van der Waals surface area contributed by atoms with Gasteiger partial charge in [0.2, 0.25) is 0 Å². The topological polar surface area (TPSA) is 60.7 Å². The van der Waals surface area contributed by atoms with E-state index in [4.69, 9.17) is 14.9 Å². The van der Waals surface area contributed by atoms with Crippen molar-refractivity contribution in [3.8, 4) is 12.1 Å². The zero-order chi connectivity index (χ0) is 13.5. The van der Waals surface area contributed by atoms with Crippen LogP contribution < -0.4 is 0 Å². The smallest absolute Gasteiger partial charge is 0.133 e. The van der Waals surface area contributed by atoms with Crippen molar-refractivity contribution < 1.29 is 4.42 Å². The van der Waals surface area contributed by atoms with Gasteiger partial charge in [0.1, 0.15) is 29.2 Å². The van der Waals surface area contributed by atoms with E-state index in [1.165, 1.54) is 6.08 Å². The highest BCUT2D eigenvalue weighted by atomic mass is 16.3. The van der Waals surface area contributed by atoms with Crippen LogP contribution in [0.3, 0.4) is 0 Å². The molecule has 3 nitrogen and oxygen atoms in total. The Labute approximate surface area is 111 Å². The van der Waals surface area contributed by atoms with Crippen LogP contribution >= 0.6 is 0 Å². The summed E-state index contributed by atoms with van der Waals surface area (Å²) in [6.45, 7) is 0. The Morgan fingerprint density at radius 1 is 0.895 bits per heavy atom. The summed E-state index contributed by atoms with van der Waals surface area (Å²) < 4.78 is 5.47. The average Bonchev–Trinajstić information content (AvgIpc) is 2.91. The number of nitrogens with zero attached hydrogens (tertiary/aromatic N) is 2. The molecule has 0 radical (unpaired) electrons. The predicted octanol–water partition coefficient (Wildman–Crippen LogP) is 3.88. The molecule has 0 fully saturated rings. The lowest BCUT2D eigenvalue weighted by Gasteiger charge is -1.90. The normalized spacial score (nSPS) is 9.79. The molecule has 0 aliphatic heterocycles. The lowest BCUT2D eigenvalue weighted by atomic mass is 10.2. The molecule has 0 unspecified atom stereocenters. The van der Waals surface area contributed by atoms with Crippen molar-refractivity contribution in [2.75, 3.05) is 0 Å². The Hall–Kier alpha value is -3.04. The molecule has 0 bridgehead atoms. The predicted molar refractivity (Wildman–Crippen MR) is 73.3 cm³/mol. The second-order valence-electron chi connectivity index (χ2n) is 3.77. The molecule has 1 aromatic heterocycles. The molecule has 0 saturated carbocycles. The van der Waals surface area contributed by atoms with E-state index in [-0.39, 0.29) is 5.57 Å². The molecule has 2 aromatic rings. The van der Waals surface area contributed by atoms with Crippen LogP contribution in [0.15, 0.2) is 52.5 Å². The molecular formula is C16H10N2O. The molecule has 2 rings (SSSR count). The van der Waals surface area contributed by atoms with E-state index in [0.717, 1.165) is 5.56 Å². The van der Waals surface area contributed by atoms with Crippen LogP contribution in [0.5, 0.6) is 0 Å². The Kier molecular flexibility index (Phi) is 3.95. The molecule has 90 valence electrons. The van der Waals surface area contributed by atoms with Gasteiger partial charge in [0.15, 0.2) is 0 Å². The third-order valence-electron chi connectivity index (χ3n) is 2.41. The quantitative estimate of drug-likeness (QED) is 0.772. The minimum atomic E-state index is 0.0212. The molecule has 0 saturated heterocycles. The van der Waals surface area contributed by atoms with Gasteiger partial charge in [-0.15, -0.1) is 0 Å². The molecule has 0 amide bonds. The summed E-state index contributed by atoms with van der Waals surface area (Å²) in [5.74, 6) is 1.16. The summed E-state index contributed by atoms with van der Waals surface area (Å²) in [4.78, 5) is 0. The first-order valence-corrected chi connectivity index (χ1v) is 5.66. The highest BCUT2D eigenvalue weighted by molar-refractivity contribution is 5.68. The maximum absolute atomic E-state index is 8.65. The standard InChI is InChI=1S/C16H10N2O/c17-11-14(12-18)10-16-9-8-15(19-16)7-6-13-4-2-1-3-5-13/h1-10H/b7-6+. The largest absolute Gasteiger partial charge is 0.457 e. The lowest BCUT2D eigenvalue weighted by Crippen LogP contribution is -1.71. The van der Waals surface area contributed by atoms with Crippen LogP contribution in [0.2, 0.25) is 0 Å². The fraction of sp³-hybridized carbons (Fsp3) is 0. The van der Waals surface area contributed by atoms with Gasteiger partial charge in [-0.1, -0.05) is 36.4 Å². The number of allylic oxidation sites excluding steroid dienone is 1. The first kappa shape index (κ1) is 12.4. The van der Waals surface area contributed by atoms with Crippen molar-refractivity contribution >= 4 is 18.2 Å². The maximum atomic E-state index is 8.65. The molecule has 1 heterocycles. The highest BCUT2D eigenvalue weighted by Gasteiger charge is 1.99. The van der Waals surface area contributed by atoms with Gasteiger partial charge < -0.3 is 4.42 Å². The zero-order valence-corrected chi connectivity index (χ0v) is 10.1. The van der Waals surface area contributed by atoms with Gasteiger partial charge in [0, 0.05) is 6.08 Å². The second-order valence-corrected chi connectivity index (χ2v) is 3.77. The third kappa shape index (κ3) is 3.46. The van der Waals surface area contributed by atoms with E-state index in [9.17, 15) is 0 Å². The monoisotopic (exact) mass is 246 g/mol. The van der Waals surface area contributed by atoms with Gasteiger partial charge in [-0.05, 0) is 23.8 Å². The van der Waals surface area contributed by atoms with Gasteiger partial charge in [-0.2, -0.15) is 10.5 Å². The van der Waals surface area contributed by atoms with E-state index in [1.54, 1.807) is 24.3 Å². The van der Waals surface area contributed by atoms with Gasteiger partial charge in [-0.25, -0.2) is 0 Å². The van der Waals surface area contributed by atoms with Crippen LogP contribution in [0, 0.1) is 22.7 Å². The second kappa shape index (κ2) is 6.05. The number of hydrogen-bond donors (Lipinski definition) is 0. The SMILES string of the molecule is N#CC(C#N)=Cc1ccc(/C=C/c2ccccc2)o1. The number of nitriles is 2. The van der Waals surface area contributed by atoms with Crippen LogP contribution in [0.4, 0.5) is 0 Å². The highest BCUT2D eigenvalue weighted by Crippen LogP contribution is 2.14. The Balaban J connectivity index is 2.15. The maximum Gasteiger partial charge on any atom is 0.133 e. The first-order valence-electron chi connectivity index (χ1n) is 5.66. The number of benzene rings is 1. The first-order chi connectivity index (χ1) is 9.31. The fourth-order valence-electron chi connectivity index (χ4n) is 1.51. The van der Waals surface area contributed by atoms with Crippen LogP contribution in [0.25, 0.3) is 18.2 Å². The Morgan fingerprint density at radius 2 is 1.58 bits per heavy atom. The molecule has 3 heteroatoms. The molecule has 19 heavy (non-hydrogen) atoms. The lowest BCUT2D eigenvalue weighted by molar-refractivity contribution is 0.547. The van der Waals surface area contributed by atoms with Crippen molar-refractivity contribution in [3.05, 3.63) is 65.1 Å². The Morgan fingerprint density at radius 3 is 2.26 bits per heavy atom. The summed E-state index contributed by atoms with van der Waals surface area (Å²) in [5, 5.41) is 17.3.